The minimum absolute atomic E-state index is 0.0512. The Morgan fingerprint density at radius 3 is 2.95 bits per heavy atom. The number of phenols is 1. The maximum absolute atomic E-state index is 13.4. The van der Waals surface area contributed by atoms with Gasteiger partial charge in [-0.25, -0.2) is 4.39 Å². The molecule has 21 heavy (non-hydrogen) atoms. The van der Waals surface area contributed by atoms with Gasteiger partial charge in [0.25, 0.3) is 0 Å². The van der Waals surface area contributed by atoms with Gasteiger partial charge in [0.05, 0.1) is 6.10 Å². The Morgan fingerprint density at radius 2 is 2.24 bits per heavy atom. The van der Waals surface area contributed by atoms with Crippen LogP contribution in [-0.2, 0) is 4.74 Å². The summed E-state index contributed by atoms with van der Waals surface area (Å²) in [5.74, 6) is 0.451. The van der Waals surface area contributed by atoms with E-state index in [1.807, 2.05) is 6.92 Å². The molecular weight excluding hydrogens is 269 g/mol. The lowest BCUT2D eigenvalue weighted by Gasteiger charge is -2.64. The zero-order chi connectivity index (χ0) is 14.6. The summed E-state index contributed by atoms with van der Waals surface area (Å²) in [6, 6.07) is 4.55. The second-order valence-electron chi connectivity index (χ2n) is 6.90. The van der Waals surface area contributed by atoms with Crippen LogP contribution in [0.4, 0.5) is 4.39 Å². The highest BCUT2D eigenvalue weighted by Gasteiger charge is 2.66. The lowest BCUT2D eigenvalue weighted by Crippen LogP contribution is -2.71. The zero-order valence-electron chi connectivity index (χ0n) is 12.3. The molecule has 1 aromatic carbocycles. The van der Waals surface area contributed by atoms with Crippen molar-refractivity contribution in [2.45, 2.75) is 50.8 Å². The molecule has 2 saturated carbocycles. The molecule has 0 radical (unpaired) electrons. The molecule has 1 heterocycles. The normalized spacial score (nSPS) is 34.1. The number of ether oxygens (including phenoxy) is 1. The molecule has 3 fully saturated rings. The van der Waals surface area contributed by atoms with Crippen molar-refractivity contribution in [2.24, 2.45) is 11.3 Å². The molecule has 4 heteroatoms. The van der Waals surface area contributed by atoms with E-state index in [-0.39, 0.29) is 17.6 Å². The van der Waals surface area contributed by atoms with E-state index in [0.717, 1.165) is 13.0 Å². The molecule has 3 aliphatic rings. The summed E-state index contributed by atoms with van der Waals surface area (Å²) < 4.78 is 19.3. The van der Waals surface area contributed by atoms with Crippen molar-refractivity contribution in [2.75, 3.05) is 6.61 Å². The van der Waals surface area contributed by atoms with Gasteiger partial charge in [-0.3, -0.25) is 0 Å². The van der Waals surface area contributed by atoms with Gasteiger partial charge < -0.3 is 15.2 Å². The van der Waals surface area contributed by atoms with Crippen molar-refractivity contribution in [3.8, 4) is 5.75 Å². The van der Waals surface area contributed by atoms with Crippen LogP contribution in [0.3, 0.4) is 0 Å². The van der Waals surface area contributed by atoms with Gasteiger partial charge in [-0.2, -0.15) is 0 Å². The summed E-state index contributed by atoms with van der Waals surface area (Å²) in [6.45, 7) is 2.87. The maximum Gasteiger partial charge on any atom is 0.123 e. The third-order valence-corrected chi connectivity index (χ3v) is 5.92. The number of fused-ring (bicyclic) bond motifs is 2. The van der Waals surface area contributed by atoms with E-state index >= 15 is 0 Å². The van der Waals surface area contributed by atoms with E-state index in [4.69, 9.17) is 4.74 Å². The predicted octanol–water partition coefficient (Wildman–Crippen LogP) is 3.14. The van der Waals surface area contributed by atoms with E-state index in [1.54, 1.807) is 0 Å². The van der Waals surface area contributed by atoms with Crippen LogP contribution in [0.2, 0.25) is 0 Å². The number of aromatic hydroxyl groups is 1. The van der Waals surface area contributed by atoms with Crippen LogP contribution in [0.1, 0.15) is 44.2 Å². The van der Waals surface area contributed by atoms with Crippen molar-refractivity contribution in [3.63, 3.8) is 0 Å². The molecule has 2 aliphatic carbocycles. The predicted molar refractivity (Wildman–Crippen MR) is 77.5 cm³/mol. The molecule has 4 atom stereocenters. The first-order chi connectivity index (χ1) is 10.1. The quantitative estimate of drug-likeness (QED) is 0.899. The lowest BCUT2D eigenvalue weighted by atomic mass is 9.46. The van der Waals surface area contributed by atoms with Crippen LogP contribution in [0.5, 0.6) is 5.75 Å². The number of phenolic OH excluding ortho intramolecular Hbond substituents is 1. The number of nitrogens with one attached hydrogen (secondary N) is 1. The number of benzene rings is 1. The van der Waals surface area contributed by atoms with Gasteiger partial charge in [-0.05, 0) is 44.4 Å². The van der Waals surface area contributed by atoms with E-state index < -0.39 is 0 Å². The molecule has 3 nitrogen and oxygen atoms in total. The van der Waals surface area contributed by atoms with E-state index in [0.29, 0.717) is 29.0 Å². The first-order valence-electron chi connectivity index (χ1n) is 7.98. The molecule has 2 N–H and O–H groups in total. The maximum atomic E-state index is 13.4. The molecule has 114 valence electrons. The van der Waals surface area contributed by atoms with Crippen LogP contribution in [0.25, 0.3) is 0 Å². The molecule has 1 aliphatic heterocycles. The lowest BCUT2D eigenvalue weighted by molar-refractivity contribution is -0.178. The Hall–Kier alpha value is -1.13. The fourth-order valence-corrected chi connectivity index (χ4v) is 4.73. The van der Waals surface area contributed by atoms with E-state index in [9.17, 15) is 9.50 Å². The topological polar surface area (TPSA) is 41.5 Å². The molecule has 0 aromatic heterocycles. The van der Waals surface area contributed by atoms with Crippen molar-refractivity contribution in [3.05, 3.63) is 29.6 Å². The molecule has 0 amide bonds. The SMILES string of the molecule is C[C@H](N[C@@H]1[C@H]2CCO[C@H]2C12CCC2)c1cc(F)ccc1O. The third kappa shape index (κ3) is 1.85. The second-order valence-corrected chi connectivity index (χ2v) is 6.90. The summed E-state index contributed by atoms with van der Waals surface area (Å²) in [5, 5.41) is 13.6. The van der Waals surface area contributed by atoms with Gasteiger partial charge in [-0.15, -0.1) is 0 Å². The van der Waals surface area contributed by atoms with Gasteiger partial charge in [0.15, 0.2) is 0 Å². The molecular formula is C17H22FNO2. The third-order valence-electron chi connectivity index (χ3n) is 5.92. The van der Waals surface area contributed by atoms with Crippen LogP contribution in [-0.4, -0.2) is 23.9 Å². The Balaban J connectivity index is 1.54. The highest BCUT2D eigenvalue weighted by molar-refractivity contribution is 5.35. The highest BCUT2D eigenvalue weighted by Crippen LogP contribution is 2.63. The molecule has 0 unspecified atom stereocenters. The molecule has 1 saturated heterocycles. The molecule has 1 spiro atoms. The number of halogens is 1. The van der Waals surface area contributed by atoms with Crippen molar-refractivity contribution < 1.29 is 14.2 Å². The van der Waals surface area contributed by atoms with Crippen LogP contribution < -0.4 is 5.32 Å². The Bertz CT molecular complexity index is 558. The fourth-order valence-electron chi connectivity index (χ4n) is 4.73. The van der Waals surface area contributed by atoms with Crippen LogP contribution in [0.15, 0.2) is 18.2 Å². The first-order valence-corrected chi connectivity index (χ1v) is 7.98. The summed E-state index contributed by atoms with van der Waals surface area (Å²) in [4.78, 5) is 0. The number of hydrogen-bond acceptors (Lipinski definition) is 3. The van der Waals surface area contributed by atoms with E-state index in [2.05, 4.69) is 5.32 Å². The number of rotatable bonds is 3. The first kappa shape index (κ1) is 13.5. The van der Waals surface area contributed by atoms with Crippen LogP contribution in [0, 0.1) is 17.2 Å². The van der Waals surface area contributed by atoms with E-state index in [1.165, 1.54) is 37.5 Å². The second kappa shape index (κ2) is 4.68. The zero-order valence-corrected chi connectivity index (χ0v) is 12.3. The standard InChI is InChI=1S/C17H22FNO2/c1-10(13-9-11(18)3-4-14(13)20)19-15-12-5-8-21-16(12)17(15)6-2-7-17/h3-4,9-10,12,15-16,19-20H,2,5-8H2,1H3/t10-,12+,15+,16+/m0/s1. The molecule has 0 bridgehead atoms. The number of hydrogen-bond donors (Lipinski definition) is 2. The largest absolute Gasteiger partial charge is 0.508 e. The summed E-state index contributed by atoms with van der Waals surface area (Å²) >= 11 is 0. The van der Waals surface area contributed by atoms with Gasteiger partial charge >= 0.3 is 0 Å². The average molecular weight is 291 g/mol. The van der Waals surface area contributed by atoms with Crippen molar-refractivity contribution in [1.29, 1.82) is 0 Å². The average Bonchev–Trinajstić information content (AvgIpc) is 2.82. The molecule has 1 aromatic rings. The van der Waals surface area contributed by atoms with Gasteiger partial charge in [-0.1, -0.05) is 6.42 Å². The summed E-state index contributed by atoms with van der Waals surface area (Å²) in [5.41, 5.74) is 0.949. The Kier molecular flexibility index (Phi) is 3.02. The Labute approximate surface area is 124 Å². The Morgan fingerprint density at radius 1 is 1.43 bits per heavy atom. The molecule has 4 rings (SSSR count). The van der Waals surface area contributed by atoms with Gasteiger partial charge in [0.1, 0.15) is 11.6 Å². The smallest absolute Gasteiger partial charge is 0.123 e. The highest BCUT2D eigenvalue weighted by atomic mass is 19.1. The van der Waals surface area contributed by atoms with Crippen molar-refractivity contribution >= 4 is 0 Å². The van der Waals surface area contributed by atoms with Gasteiger partial charge in [0, 0.05) is 35.6 Å². The summed E-state index contributed by atoms with van der Waals surface area (Å²) in [7, 11) is 0. The minimum Gasteiger partial charge on any atom is -0.508 e. The van der Waals surface area contributed by atoms with Crippen molar-refractivity contribution in [1.82, 2.24) is 5.32 Å². The minimum atomic E-state index is -0.300. The fraction of sp³-hybridized carbons (Fsp3) is 0.647. The summed E-state index contributed by atoms with van der Waals surface area (Å²) in [6.07, 6.45) is 5.29. The monoisotopic (exact) mass is 291 g/mol. The van der Waals surface area contributed by atoms with Gasteiger partial charge in [0.2, 0.25) is 0 Å². The van der Waals surface area contributed by atoms with Crippen LogP contribution >= 0.6 is 0 Å².